The monoisotopic (exact) mass is 252 g/mol. The molecule has 3 heteroatoms. The van der Waals surface area contributed by atoms with Crippen LogP contribution < -0.4 is 4.74 Å². The van der Waals surface area contributed by atoms with E-state index in [1.165, 1.54) is 5.56 Å². The van der Waals surface area contributed by atoms with Gasteiger partial charge in [-0.05, 0) is 62.6 Å². The molecule has 1 aromatic carbocycles. The van der Waals surface area contributed by atoms with Crippen LogP contribution in [0.1, 0.15) is 27.9 Å². The minimum Gasteiger partial charge on any atom is -0.437 e. The van der Waals surface area contributed by atoms with Crippen molar-refractivity contribution in [3.05, 3.63) is 52.2 Å². The second-order valence-corrected chi connectivity index (χ2v) is 4.72. The van der Waals surface area contributed by atoms with Crippen molar-refractivity contribution < 1.29 is 4.74 Å². The molecular formula is C16H16N2O. The molecule has 0 aliphatic heterocycles. The summed E-state index contributed by atoms with van der Waals surface area (Å²) in [6.45, 7) is 7.95. The molecule has 0 spiro atoms. The Morgan fingerprint density at radius 3 is 2.53 bits per heavy atom. The first-order valence-corrected chi connectivity index (χ1v) is 6.14. The Kier molecular flexibility index (Phi) is 3.52. The zero-order valence-corrected chi connectivity index (χ0v) is 11.6. The van der Waals surface area contributed by atoms with Crippen LogP contribution in [0.5, 0.6) is 11.6 Å². The van der Waals surface area contributed by atoms with E-state index in [-0.39, 0.29) is 0 Å². The molecule has 96 valence electrons. The predicted molar refractivity (Wildman–Crippen MR) is 74.4 cm³/mol. The van der Waals surface area contributed by atoms with E-state index in [1.54, 1.807) is 12.1 Å². The summed E-state index contributed by atoms with van der Waals surface area (Å²) in [7, 11) is 0. The minimum atomic E-state index is 0.371. The number of ether oxygens (including phenoxy) is 1. The number of aromatic nitrogens is 1. The summed E-state index contributed by atoms with van der Waals surface area (Å²) >= 11 is 0. The van der Waals surface area contributed by atoms with Crippen LogP contribution >= 0.6 is 0 Å². The lowest BCUT2D eigenvalue weighted by Gasteiger charge is -2.12. The summed E-state index contributed by atoms with van der Waals surface area (Å²) in [6, 6.07) is 9.72. The van der Waals surface area contributed by atoms with Crippen molar-refractivity contribution >= 4 is 0 Å². The highest BCUT2D eigenvalue weighted by Gasteiger charge is 2.10. The topological polar surface area (TPSA) is 45.9 Å². The van der Waals surface area contributed by atoms with Gasteiger partial charge in [-0.2, -0.15) is 5.26 Å². The Labute approximate surface area is 113 Å². The molecule has 0 saturated carbocycles. The van der Waals surface area contributed by atoms with Crippen molar-refractivity contribution in [1.82, 2.24) is 4.98 Å². The summed E-state index contributed by atoms with van der Waals surface area (Å²) in [4.78, 5) is 4.29. The molecule has 1 aromatic heterocycles. The van der Waals surface area contributed by atoms with Crippen molar-refractivity contribution in [3.8, 4) is 17.7 Å². The van der Waals surface area contributed by atoms with Crippen molar-refractivity contribution in [2.24, 2.45) is 0 Å². The SMILES string of the molecule is Cc1cc(C)c(C)c(Oc2nc(C)ccc2C#N)c1. The fourth-order valence-electron chi connectivity index (χ4n) is 1.91. The summed E-state index contributed by atoms with van der Waals surface area (Å²) in [5.74, 6) is 1.13. The van der Waals surface area contributed by atoms with Crippen LogP contribution in [0.25, 0.3) is 0 Å². The maximum absolute atomic E-state index is 9.10. The van der Waals surface area contributed by atoms with Crippen LogP contribution in [0.4, 0.5) is 0 Å². The lowest BCUT2D eigenvalue weighted by Crippen LogP contribution is -1.97. The predicted octanol–water partition coefficient (Wildman–Crippen LogP) is 3.98. The number of rotatable bonds is 2. The van der Waals surface area contributed by atoms with Crippen LogP contribution in [-0.4, -0.2) is 4.98 Å². The molecule has 2 aromatic rings. The molecule has 0 unspecified atom stereocenters. The van der Waals surface area contributed by atoms with Crippen molar-refractivity contribution in [1.29, 1.82) is 5.26 Å². The molecule has 0 N–H and O–H groups in total. The highest BCUT2D eigenvalue weighted by molar-refractivity contribution is 5.46. The van der Waals surface area contributed by atoms with Gasteiger partial charge >= 0.3 is 0 Å². The number of hydrogen-bond acceptors (Lipinski definition) is 3. The van der Waals surface area contributed by atoms with Gasteiger partial charge in [0.1, 0.15) is 17.4 Å². The van der Waals surface area contributed by atoms with Crippen LogP contribution in [0.15, 0.2) is 24.3 Å². The van der Waals surface area contributed by atoms with E-state index in [0.717, 1.165) is 22.6 Å². The second-order valence-electron chi connectivity index (χ2n) is 4.72. The minimum absolute atomic E-state index is 0.371. The van der Waals surface area contributed by atoms with Gasteiger partial charge in [0.05, 0.1) is 0 Å². The first kappa shape index (κ1) is 13.1. The molecule has 0 bridgehead atoms. The maximum Gasteiger partial charge on any atom is 0.237 e. The molecule has 0 saturated heterocycles. The largest absolute Gasteiger partial charge is 0.437 e. The summed E-state index contributed by atoms with van der Waals surface area (Å²) in [6.07, 6.45) is 0. The van der Waals surface area contributed by atoms with E-state index in [2.05, 4.69) is 17.1 Å². The van der Waals surface area contributed by atoms with Crippen LogP contribution in [0, 0.1) is 39.0 Å². The van der Waals surface area contributed by atoms with Gasteiger partial charge in [-0.1, -0.05) is 6.07 Å². The number of nitrogens with zero attached hydrogens (tertiary/aromatic N) is 2. The average Bonchev–Trinajstić information content (AvgIpc) is 2.35. The molecule has 1 heterocycles. The number of benzene rings is 1. The zero-order chi connectivity index (χ0) is 14.0. The van der Waals surface area contributed by atoms with Gasteiger partial charge in [0.15, 0.2) is 0 Å². The Morgan fingerprint density at radius 2 is 1.84 bits per heavy atom. The molecule has 19 heavy (non-hydrogen) atoms. The van der Waals surface area contributed by atoms with E-state index in [0.29, 0.717) is 11.4 Å². The Hall–Kier alpha value is -2.34. The van der Waals surface area contributed by atoms with E-state index >= 15 is 0 Å². The van der Waals surface area contributed by atoms with Crippen LogP contribution in [0.2, 0.25) is 0 Å². The third-order valence-electron chi connectivity index (χ3n) is 3.09. The fourth-order valence-corrected chi connectivity index (χ4v) is 1.91. The van der Waals surface area contributed by atoms with Gasteiger partial charge in [-0.3, -0.25) is 0 Å². The Bertz CT molecular complexity index is 669. The van der Waals surface area contributed by atoms with E-state index < -0.39 is 0 Å². The smallest absolute Gasteiger partial charge is 0.237 e. The highest BCUT2D eigenvalue weighted by atomic mass is 16.5. The number of aryl methyl sites for hydroxylation is 3. The maximum atomic E-state index is 9.10. The van der Waals surface area contributed by atoms with E-state index in [4.69, 9.17) is 10.00 Å². The van der Waals surface area contributed by atoms with Crippen molar-refractivity contribution in [3.63, 3.8) is 0 Å². The molecule has 0 amide bonds. The third-order valence-corrected chi connectivity index (χ3v) is 3.09. The first-order valence-electron chi connectivity index (χ1n) is 6.14. The summed E-state index contributed by atoms with van der Waals surface area (Å²) in [5, 5.41) is 9.10. The summed E-state index contributed by atoms with van der Waals surface area (Å²) < 4.78 is 5.84. The Balaban J connectivity index is 2.47. The lowest BCUT2D eigenvalue weighted by atomic mass is 10.1. The molecule has 0 aliphatic carbocycles. The average molecular weight is 252 g/mol. The van der Waals surface area contributed by atoms with Gasteiger partial charge in [-0.25, -0.2) is 4.98 Å². The van der Waals surface area contributed by atoms with Crippen LogP contribution in [0.3, 0.4) is 0 Å². The molecule has 0 aliphatic rings. The second kappa shape index (κ2) is 5.11. The number of pyridine rings is 1. The molecule has 0 fully saturated rings. The fraction of sp³-hybridized carbons (Fsp3) is 0.250. The molecule has 2 rings (SSSR count). The van der Waals surface area contributed by atoms with Gasteiger partial charge in [0.25, 0.3) is 0 Å². The standard InChI is InChI=1S/C16H16N2O/c1-10-7-11(2)13(4)15(8-10)19-16-14(9-17)6-5-12(3)18-16/h5-8H,1-4H3. The quantitative estimate of drug-likeness (QED) is 0.812. The van der Waals surface area contributed by atoms with Crippen molar-refractivity contribution in [2.45, 2.75) is 27.7 Å². The third kappa shape index (κ3) is 2.74. The van der Waals surface area contributed by atoms with Crippen LogP contribution in [-0.2, 0) is 0 Å². The Morgan fingerprint density at radius 1 is 1.11 bits per heavy atom. The highest BCUT2D eigenvalue weighted by Crippen LogP contribution is 2.29. The zero-order valence-electron chi connectivity index (χ0n) is 11.6. The van der Waals surface area contributed by atoms with Gasteiger partial charge < -0.3 is 4.74 Å². The summed E-state index contributed by atoms with van der Waals surface area (Å²) in [5.41, 5.74) is 4.64. The molecule has 3 nitrogen and oxygen atoms in total. The normalized spacial score (nSPS) is 10.1. The number of nitriles is 1. The molecule has 0 radical (unpaired) electrons. The van der Waals surface area contributed by atoms with Crippen molar-refractivity contribution in [2.75, 3.05) is 0 Å². The number of hydrogen-bond donors (Lipinski definition) is 0. The van der Waals surface area contributed by atoms with E-state index in [9.17, 15) is 0 Å². The first-order chi connectivity index (χ1) is 9.01. The van der Waals surface area contributed by atoms with E-state index in [1.807, 2.05) is 33.8 Å². The lowest BCUT2D eigenvalue weighted by molar-refractivity contribution is 0.456. The van der Waals surface area contributed by atoms with Gasteiger partial charge in [0.2, 0.25) is 5.88 Å². The van der Waals surface area contributed by atoms with Gasteiger partial charge in [0, 0.05) is 5.69 Å². The molecular weight excluding hydrogens is 236 g/mol. The van der Waals surface area contributed by atoms with Gasteiger partial charge in [-0.15, -0.1) is 0 Å². The molecule has 0 atom stereocenters.